The van der Waals surface area contributed by atoms with E-state index in [4.69, 9.17) is 5.11 Å². The van der Waals surface area contributed by atoms with E-state index in [1.807, 2.05) is 0 Å². The Hall–Kier alpha value is -1.17. The van der Waals surface area contributed by atoms with E-state index in [9.17, 15) is 9.18 Å². The summed E-state index contributed by atoms with van der Waals surface area (Å²) in [6, 6.07) is 0. The molecule has 0 heterocycles. The van der Waals surface area contributed by atoms with E-state index in [2.05, 4.69) is 16.6 Å². The van der Waals surface area contributed by atoms with Crippen molar-refractivity contribution in [2.45, 2.75) is 13.8 Å². The summed E-state index contributed by atoms with van der Waals surface area (Å²) in [6.45, 7) is 6.27. The number of halogens is 1. The van der Waals surface area contributed by atoms with Gasteiger partial charge in [0.05, 0.1) is 5.75 Å². The molecule has 0 fully saturated rings. The number of hydrogen-bond donors (Lipinski definition) is 1. The van der Waals surface area contributed by atoms with Crippen LogP contribution in [0.1, 0.15) is 13.8 Å². The van der Waals surface area contributed by atoms with Crippen LogP contribution in [-0.4, -0.2) is 28.0 Å². The second kappa shape index (κ2) is 6.31. The Morgan fingerprint density at radius 1 is 1.50 bits per heavy atom. The van der Waals surface area contributed by atoms with Crippen molar-refractivity contribution in [1.29, 1.82) is 0 Å². The van der Waals surface area contributed by atoms with Crippen molar-refractivity contribution < 1.29 is 14.3 Å². The Balaban J connectivity index is 4.49. The summed E-state index contributed by atoms with van der Waals surface area (Å²) in [4.78, 5) is 17.4. The summed E-state index contributed by atoms with van der Waals surface area (Å²) in [6.07, 6.45) is 0. The zero-order valence-electron chi connectivity index (χ0n) is 7.95. The molecule has 0 aromatic carbocycles. The molecule has 0 saturated heterocycles. The predicted molar refractivity (Wildman–Crippen MR) is 56.6 cm³/mol. The van der Waals surface area contributed by atoms with Crippen LogP contribution in [0.4, 0.5) is 4.39 Å². The summed E-state index contributed by atoms with van der Waals surface area (Å²) in [5, 5.41) is 8.46. The van der Waals surface area contributed by atoms with Crippen molar-refractivity contribution >= 4 is 28.9 Å². The topological polar surface area (TPSA) is 62.0 Å². The lowest BCUT2D eigenvalue weighted by molar-refractivity contribution is -0.133. The van der Waals surface area contributed by atoms with Gasteiger partial charge in [-0.25, -0.2) is 4.99 Å². The van der Waals surface area contributed by atoms with Crippen LogP contribution in [0, 0.1) is 0 Å². The number of carboxylic acid groups (broad SMARTS) is 1. The van der Waals surface area contributed by atoms with Crippen LogP contribution in [0.3, 0.4) is 0 Å². The molecule has 0 spiro atoms. The first-order valence-electron chi connectivity index (χ1n) is 3.71. The quantitative estimate of drug-likeness (QED) is 0.582. The molecule has 0 amide bonds. The number of aliphatic imine (C=N–C) groups is 2. The molecule has 0 aromatic rings. The molecular weight excluding hydrogens is 207 g/mol. The van der Waals surface area contributed by atoms with E-state index in [1.165, 1.54) is 0 Å². The molecule has 0 bridgehead atoms. The molecule has 6 heteroatoms. The van der Waals surface area contributed by atoms with Gasteiger partial charge in [-0.05, 0) is 6.92 Å². The highest BCUT2D eigenvalue weighted by Crippen LogP contribution is 2.08. The Morgan fingerprint density at radius 2 is 2.07 bits per heavy atom. The molecule has 0 aromatic heterocycles. The van der Waals surface area contributed by atoms with Crippen LogP contribution in [0.25, 0.3) is 0 Å². The average Bonchev–Trinajstić information content (AvgIpc) is 1.97. The molecule has 0 saturated carbocycles. The van der Waals surface area contributed by atoms with E-state index in [0.717, 1.165) is 18.7 Å². The van der Waals surface area contributed by atoms with Crippen LogP contribution in [0.2, 0.25) is 0 Å². The molecule has 4 nitrogen and oxygen atoms in total. The fourth-order valence-electron chi connectivity index (χ4n) is 0.511. The summed E-state index contributed by atoms with van der Waals surface area (Å²) in [5.41, 5.74) is 0.447. The largest absolute Gasteiger partial charge is 0.481 e. The van der Waals surface area contributed by atoms with Crippen molar-refractivity contribution in [3.63, 3.8) is 0 Å². The van der Waals surface area contributed by atoms with Gasteiger partial charge < -0.3 is 5.11 Å². The molecule has 0 aliphatic carbocycles. The van der Waals surface area contributed by atoms with E-state index in [0.29, 0.717) is 5.70 Å². The Kier molecular flexibility index (Phi) is 5.78. The van der Waals surface area contributed by atoms with Crippen molar-refractivity contribution in [2.24, 2.45) is 9.98 Å². The number of carboxylic acids is 1. The van der Waals surface area contributed by atoms with Crippen molar-refractivity contribution in [3.8, 4) is 0 Å². The van der Waals surface area contributed by atoms with Gasteiger partial charge in [0.15, 0.2) is 11.1 Å². The molecule has 0 aliphatic rings. The molecule has 0 unspecified atom stereocenters. The monoisotopic (exact) mass is 218 g/mol. The minimum atomic E-state index is -1.00. The number of aliphatic carboxylic acids is 1. The fourth-order valence-corrected chi connectivity index (χ4v) is 1.17. The fraction of sp³-hybridized carbons (Fsp3) is 0.375. The highest BCUT2D eigenvalue weighted by molar-refractivity contribution is 8.14. The van der Waals surface area contributed by atoms with Crippen LogP contribution >= 0.6 is 11.8 Å². The smallest absolute Gasteiger partial charge is 0.313 e. The third kappa shape index (κ3) is 7.48. The van der Waals surface area contributed by atoms with Crippen molar-refractivity contribution in [2.75, 3.05) is 5.75 Å². The molecule has 1 N–H and O–H groups in total. The van der Waals surface area contributed by atoms with Crippen molar-refractivity contribution in [3.05, 3.63) is 12.3 Å². The number of carbonyl (C=O) groups is 1. The van der Waals surface area contributed by atoms with Gasteiger partial charge in [0, 0.05) is 12.6 Å². The van der Waals surface area contributed by atoms with Gasteiger partial charge in [-0.3, -0.25) is 4.79 Å². The summed E-state index contributed by atoms with van der Waals surface area (Å²) in [5.74, 6) is -1.87. The second-order valence-corrected chi connectivity index (χ2v) is 3.36. The third-order valence-corrected chi connectivity index (χ3v) is 1.69. The van der Waals surface area contributed by atoms with Crippen LogP contribution < -0.4 is 0 Å². The van der Waals surface area contributed by atoms with E-state index in [-0.39, 0.29) is 10.9 Å². The Bertz CT molecular complexity index is 296. The number of thioether (sulfide) groups is 1. The summed E-state index contributed by atoms with van der Waals surface area (Å²) in [7, 11) is 0. The maximum atomic E-state index is 12.4. The normalized spacial score (nSPS) is 12.8. The number of rotatable bonds is 3. The molecular formula is C8H11FN2O2S. The zero-order chi connectivity index (χ0) is 11.1. The number of allylic oxidation sites excluding steroid dienone is 1. The van der Waals surface area contributed by atoms with Crippen LogP contribution in [-0.2, 0) is 4.79 Å². The Morgan fingerprint density at radius 3 is 2.43 bits per heavy atom. The van der Waals surface area contributed by atoms with Crippen LogP contribution in [0.5, 0.6) is 0 Å². The molecule has 0 atom stereocenters. The summed E-state index contributed by atoms with van der Waals surface area (Å²) >= 11 is 0.848. The predicted octanol–water partition coefficient (Wildman–Crippen LogP) is 2.08. The first-order chi connectivity index (χ1) is 6.41. The number of hydrogen-bond acceptors (Lipinski definition) is 3. The lowest BCUT2D eigenvalue weighted by atomic mass is 10.6. The van der Waals surface area contributed by atoms with Crippen LogP contribution in [0.15, 0.2) is 22.3 Å². The summed E-state index contributed by atoms with van der Waals surface area (Å²) < 4.78 is 12.4. The molecule has 78 valence electrons. The van der Waals surface area contributed by atoms with Gasteiger partial charge in [-0.15, -0.1) is 0 Å². The highest BCUT2D eigenvalue weighted by Gasteiger charge is 2.03. The number of amidine groups is 1. The third-order valence-electron chi connectivity index (χ3n) is 0.861. The SMILES string of the molecule is C=C(C)N=C(/N=C(\C)F)SCC(=O)O. The van der Waals surface area contributed by atoms with Gasteiger partial charge in [0.25, 0.3) is 0 Å². The van der Waals surface area contributed by atoms with Crippen molar-refractivity contribution in [1.82, 2.24) is 0 Å². The van der Waals surface area contributed by atoms with E-state index in [1.54, 1.807) is 6.92 Å². The van der Waals surface area contributed by atoms with Gasteiger partial charge in [-0.2, -0.15) is 9.38 Å². The van der Waals surface area contributed by atoms with E-state index >= 15 is 0 Å². The Labute approximate surface area is 85.6 Å². The maximum Gasteiger partial charge on any atom is 0.313 e. The molecule has 0 radical (unpaired) electrons. The lowest BCUT2D eigenvalue weighted by Crippen LogP contribution is -2.02. The molecule has 0 rings (SSSR count). The minimum Gasteiger partial charge on any atom is -0.481 e. The van der Waals surface area contributed by atoms with Gasteiger partial charge in [0.1, 0.15) is 0 Å². The highest BCUT2D eigenvalue weighted by atomic mass is 32.2. The van der Waals surface area contributed by atoms with Gasteiger partial charge >= 0.3 is 5.97 Å². The number of nitrogens with zero attached hydrogens (tertiary/aromatic N) is 2. The minimum absolute atomic E-state index is 0.0694. The molecule has 14 heavy (non-hydrogen) atoms. The van der Waals surface area contributed by atoms with Gasteiger partial charge in [0.2, 0.25) is 0 Å². The second-order valence-electron chi connectivity index (χ2n) is 2.42. The maximum absolute atomic E-state index is 12.4. The average molecular weight is 218 g/mol. The first kappa shape index (κ1) is 12.8. The molecule has 0 aliphatic heterocycles. The lowest BCUT2D eigenvalue weighted by Gasteiger charge is -1.97. The van der Waals surface area contributed by atoms with Gasteiger partial charge in [-0.1, -0.05) is 18.3 Å². The first-order valence-corrected chi connectivity index (χ1v) is 4.70. The zero-order valence-corrected chi connectivity index (χ0v) is 8.77. The standard InChI is InChI=1S/C8H11FN2O2S/c1-5(2)10-8(11-6(3)9)14-4-7(12)13/h1,4H2,2-3H3,(H,12,13)/b10-8?,11-6+. The van der Waals surface area contributed by atoms with E-state index < -0.39 is 11.9 Å².